The van der Waals surface area contributed by atoms with Crippen LogP contribution in [0.3, 0.4) is 0 Å². The molecule has 0 unspecified atom stereocenters. The summed E-state index contributed by atoms with van der Waals surface area (Å²) in [5, 5.41) is 11.7. The minimum Gasteiger partial charge on any atom is -0.484 e. The first-order valence-corrected chi connectivity index (χ1v) is 10.4. The van der Waals surface area contributed by atoms with Crippen molar-refractivity contribution in [2.45, 2.75) is 6.92 Å². The number of amides is 1. The van der Waals surface area contributed by atoms with Crippen LogP contribution in [0.4, 0.5) is 11.5 Å². The highest BCUT2D eigenvalue weighted by atomic mass is 16.5. The van der Waals surface area contributed by atoms with Crippen molar-refractivity contribution in [2.24, 2.45) is 0 Å². The highest BCUT2D eigenvalue weighted by Crippen LogP contribution is 2.22. The Kier molecular flexibility index (Phi) is 6.43. The molecule has 1 N–H and O–H groups in total. The fourth-order valence-electron chi connectivity index (χ4n) is 3.42. The van der Waals surface area contributed by atoms with Crippen molar-refractivity contribution in [3.63, 3.8) is 0 Å². The van der Waals surface area contributed by atoms with Crippen LogP contribution in [0.1, 0.15) is 5.56 Å². The lowest BCUT2D eigenvalue weighted by molar-refractivity contribution is -0.118. The Labute approximate surface area is 182 Å². The topological polar surface area (TPSA) is 70.6 Å². The number of ether oxygens (including phenoxy) is 1. The Morgan fingerprint density at radius 3 is 2.48 bits per heavy atom. The zero-order valence-corrected chi connectivity index (χ0v) is 17.9. The third-order valence-electron chi connectivity index (χ3n) is 5.31. The van der Waals surface area contributed by atoms with E-state index in [1.807, 2.05) is 67.6 Å². The van der Waals surface area contributed by atoms with E-state index in [1.165, 1.54) is 0 Å². The first-order chi connectivity index (χ1) is 15.1. The largest absolute Gasteiger partial charge is 0.484 e. The molecule has 4 rings (SSSR count). The molecule has 160 valence electrons. The van der Waals surface area contributed by atoms with Gasteiger partial charge in [0.1, 0.15) is 5.75 Å². The molecule has 0 saturated carbocycles. The van der Waals surface area contributed by atoms with E-state index in [0.29, 0.717) is 11.4 Å². The van der Waals surface area contributed by atoms with Gasteiger partial charge in [0.15, 0.2) is 12.4 Å². The quantitative estimate of drug-likeness (QED) is 0.664. The van der Waals surface area contributed by atoms with Crippen LogP contribution >= 0.6 is 0 Å². The average Bonchev–Trinajstić information content (AvgIpc) is 2.80. The molecule has 1 fully saturated rings. The van der Waals surface area contributed by atoms with E-state index in [9.17, 15) is 4.79 Å². The normalized spacial score (nSPS) is 14.3. The number of aryl methyl sites for hydroxylation is 1. The fraction of sp³-hybridized carbons (Fsp3) is 0.292. The number of aromatic nitrogens is 2. The van der Waals surface area contributed by atoms with Gasteiger partial charge in [0.05, 0.1) is 5.69 Å². The summed E-state index contributed by atoms with van der Waals surface area (Å²) in [7, 11) is 2.13. The molecule has 2 aromatic carbocycles. The van der Waals surface area contributed by atoms with Gasteiger partial charge in [-0.2, -0.15) is 0 Å². The van der Waals surface area contributed by atoms with Crippen LogP contribution < -0.4 is 15.0 Å². The SMILES string of the molecule is Cc1ccc(OCC(=O)Nc2cccc(-c3ccc(N4CCN(C)CC4)nn3)c2)cc1. The third kappa shape index (κ3) is 5.58. The predicted octanol–water partition coefficient (Wildman–Crippen LogP) is 3.22. The van der Waals surface area contributed by atoms with E-state index in [-0.39, 0.29) is 12.5 Å². The van der Waals surface area contributed by atoms with Gasteiger partial charge in [0.2, 0.25) is 0 Å². The van der Waals surface area contributed by atoms with Crippen LogP contribution in [0.5, 0.6) is 5.75 Å². The van der Waals surface area contributed by atoms with E-state index in [0.717, 1.165) is 48.8 Å². The summed E-state index contributed by atoms with van der Waals surface area (Å²) in [5.41, 5.74) is 3.51. The Balaban J connectivity index is 1.36. The number of rotatable bonds is 6. The summed E-state index contributed by atoms with van der Waals surface area (Å²) in [6, 6.07) is 19.2. The molecule has 1 amide bonds. The lowest BCUT2D eigenvalue weighted by Crippen LogP contribution is -2.44. The number of nitrogens with one attached hydrogen (secondary N) is 1. The van der Waals surface area contributed by atoms with Crippen LogP contribution in [0.2, 0.25) is 0 Å². The second-order valence-electron chi connectivity index (χ2n) is 7.80. The van der Waals surface area contributed by atoms with Crippen molar-refractivity contribution >= 4 is 17.4 Å². The number of carbonyl (C=O) groups is 1. The van der Waals surface area contributed by atoms with E-state index in [2.05, 4.69) is 32.4 Å². The van der Waals surface area contributed by atoms with Crippen LogP contribution in [-0.4, -0.2) is 60.8 Å². The number of nitrogens with zero attached hydrogens (tertiary/aromatic N) is 4. The highest BCUT2D eigenvalue weighted by molar-refractivity contribution is 5.92. The van der Waals surface area contributed by atoms with Gasteiger partial charge in [-0.25, -0.2) is 0 Å². The van der Waals surface area contributed by atoms with Crippen molar-refractivity contribution in [2.75, 3.05) is 50.1 Å². The highest BCUT2D eigenvalue weighted by Gasteiger charge is 2.15. The zero-order valence-electron chi connectivity index (χ0n) is 17.9. The van der Waals surface area contributed by atoms with Gasteiger partial charge in [-0.1, -0.05) is 29.8 Å². The van der Waals surface area contributed by atoms with Crippen LogP contribution in [0.15, 0.2) is 60.7 Å². The van der Waals surface area contributed by atoms with Crippen LogP contribution in [0.25, 0.3) is 11.3 Å². The molecule has 0 atom stereocenters. The molecule has 3 aromatic rings. The Morgan fingerprint density at radius 1 is 1.00 bits per heavy atom. The zero-order chi connectivity index (χ0) is 21.6. The maximum atomic E-state index is 12.3. The Morgan fingerprint density at radius 2 is 1.77 bits per heavy atom. The van der Waals surface area contributed by atoms with E-state index >= 15 is 0 Å². The van der Waals surface area contributed by atoms with Gasteiger partial charge < -0.3 is 19.9 Å². The Bertz CT molecular complexity index is 1010. The first-order valence-electron chi connectivity index (χ1n) is 10.4. The minimum absolute atomic E-state index is 0.0488. The molecule has 7 nitrogen and oxygen atoms in total. The van der Waals surface area contributed by atoms with Crippen LogP contribution in [-0.2, 0) is 4.79 Å². The number of hydrogen-bond acceptors (Lipinski definition) is 6. The molecule has 0 spiro atoms. The smallest absolute Gasteiger partial charge is 0.262 e. The van der Waals surface area contributed by atoms with Gasteiger partial charge in [-0.05, 0) is 50.4 Å². The number of carbonyl (C=O) groups excluding carboxylic acids is 1. The molecule has 1 aliphatic rings. The lowest BCUT2D eigenvalue weighted by Gasteiger charge is -2.32. The summed E-state index contributed by atoms with van der Waals surface area (Å²) >= 11 is 0. The third-order valence-corrected chi connectivity index (χ3v) is 5.31. The molecule has 0 aliphatic carbocycles. The van der Waals surface area contributed by atoms with E-state index in [1.54, 1.807) is 0 Å². The summed E-state index contributed by atoms with van der Waals surface area (Å²) in [4.78, 5) is 16.8. The standard InChI is InChI=1S/C24H27N5O2/c1-18-6-8-21(9-7-18)31-17-24(30)25-20-5-3-4-19(16-20)22-10-11-23(27-26-22)29-14-12-28(2)13-15-29/h3-11,16H,12-15,17H2,1-2H3,(H,25,30). The first kappa shape index (κ1) is 20.8. The van der Waals surface area contributed by atoms with Gasteiger partial charge in [0, 0.05) is 37.4 Å². The Hall–Kier alpha value is -3.45. The summed E-state index contributed by atoms with van der Waals surface area (Å²) in [6.07, 6.45) is 0. The number of benzene rings is 2. The molecule has 1 saturated heterocycles. The average molecular weight is 418 g/mol. The van der Waals surface area contributed by atoms with Crippen molar-refractivity contribution in [1.82, 2.24) is 15.1 Å². The summed E-state index contributed by atoms with van der Waals surface area (Å²) < 4.78 is 5.55. The van der Waals surface area contributed by atoms with Gasteiger partial charge >= 0.3 is 0 Å². The second-order valence-corrected chi connectivity index (χ2v) is 7.80. The number of likely N-dealkylation sites (N-methyl/N-ethyl adjacent to an activating group) is 1. The van der Waals surface area contributed by atoms with E-state index < -0.39 is 0 Å². The van der Waals surface area contributed by atoms with Crippen molar-refractivity contribution in [1.29, 1.82) is 0 Å². The lowest BCUT2D eigenvalue weighted by atomic mass is 10.1. The molecule has 1 aromatic heterocycles. The van der Waals surface area contributed by atoms with Crippen molar-refractivity contribution in [3.8, 4) is 17.0 Å². The molecule has 31 heavy (non-hydrogen) atoms. The number of piperazine rings is 1. The summed E-state index contributed by atoms with van der Waals surface area (Å²) in [6.45, 7) is 5.92. The van der Waals surface area contributed by atoms with Gasteiger partial charge in [-0.15, -0.1) is 10.2 Å². The molecular formula is C24H27N5O2. The van der Waals surface area contributed by atoms with Crippen LogP contribution in [0, 0.1) is 6.92 Å². The number of anilines is 2. The second kappa shape index (κ2) is 9.57. The monoisotopic (exact) mass is 417 g/mol. The minimum atomic E-state index is -0.214. The van der Waals surface area contributed by atoms with Gasteiger partial charge in [0.25, 0.3) is 5.91 Å². The molecule has 1 aliphatic heterocycles. The predicted molar refractivity (Wildman–Crippen MR) is 122 cm³/mol. The van der Waals surface area contributed by atoms with Crippen molar-refractivity contribution in [3.05, 3.63) is 66.2 Å². The maximum absolute atomic E-state index is 12.3. The molecule has 7 heteroatoms. The summed E-state index contributed by atoms with van der Waals surface area (Å²) in [5.74, 6) is 1.36. The van der Waals surface area contributed by atoms with Gasteiger partial charge in [-0.3, -0.25) is 4.79 Å². The van der Waals surface area contributed by atoms with E-state index in [4.69, 9.17) is 4.74 Å². The fourth-order valence-corrected chi connectivity index (χ4v) is 3.42. The molecule has 0 radical (unpaired) electrons. The van der Waals surface area contributed by atoms with Crippen molar-refractivity contribution < 1.29 is 9.53 Å². The molecule has 2 heterocycles. The molecular weight excluding hydrogens is 390 g/mol. The maximum Gasteiger partial charge on any atom is 0.262 e. The number of hydrogen-bond donors (Lipinski definition) is 1. The molecule has 0 bridgehead atoms.